The molecule has 0 spiro atoms. The first-order valence-electron chi connectivity index (χ1n) is 5.54. The first kappa shape index (κ1) is 8.34. The van der Waals surface area contributed by atoms with E-state index in [9.17, 15) is 0 Å². The Morgan fingerprint density at radius 3 is 2.86 bits per heavy atom. The topological polar surface area (TPSA) is 12.0 Å². The number of para-hydroxylation sites is 1. The van der Waals surface area contributed by atoms with Gasteiger partial charge < -0.3 is 5.32 Å². The van der Waals surface area contributed by atoms with Gasteiger partial charge in [-0.1, -0.05) is 32.0 Å². The van der Waals surface area contributed by atoms with Crippen molar-refractivity contribution >= 4 is 5.69 Å². The Kier molecular flexibility index (Phi) is 1.51. The van der Waals surface area contributed by atoms with Crippen LogP contribution in [0.25, 0.3) is 0 Å². The van der Waals surface area contributed by atoms with Crippen LogP contribution < -0.4 is 5.32 Å². The summed E-state index contributed by atoms with van der Waals surface area (Å²) in [5, 5.41) is 3.53. The summed E-state index contributed by atoms with van der Waals surface area (Å²) in [7, 11) is 0. The Balaban J connectivity index is 2.04. The molecular weight excluding hydrogens is 170 g/mol. The van der Waals surface area contributed by atoms with E-state index >= 15 is 0 Å². The summed E-state index contributed by atoms with van der Waals surface area (Å²) in [6.07, 6.45) is 2.56. The average Bonchev–Trinajstić information content (AvgIpc) is 2.64. The molecule has 0 radical (unpaired) electrons. The van der Waals surface area contributed by atoms with Crippen LogP contribution >= 0.6 is 0 Å². The second-order valence-electron chi connectivity index (χ2n) is 5.30. The van der Waals surface area contributed by atoms with Gasteiger partial charge in [0.25, 0.3) is 0 Å². The van der Waals surface area contributed by atoms with Crippen molar-refractivity contribution in [1.29, 1.82) is 0 Å². The van der Waals surface area contributed by atoms with Crippen LogP contribution in [0.3, 0.4) is 0 Å². The minimum Gasteiger partial charge on any atom is -0.384 e. The van der Waals surface area contributed by atoms with Crippen LogP contribution in [0.2, 0.25) is 0 Å². The van der Waals surface area contributed by atoms with Crippen LogP contribution in [0.1, 0.15) is 37.3 Å². The molecule has 1 unspecified atom stereocenters. The van der Waals surface area contributed by atoms with E-state index in [1.54, 1.807) is 5.56 Å². The fourth-order valence-corrected chi connectivity index (χ4v) is 2.65. The number of benzene rings is 1. The van der Waals surface area contributed by atoms with Crippen LogP contribution in [0, 0.1) is 5.41 Å². The molecule has 1 aromatic carbocycles. The van der Waals surface area contributed by atoms with Gasteiger partial charge in [-0.15, -0.1) is 0 Å². The highest BCUT2D eigenvalue weighted by Gasteiger charge is 2.47. The lowest BCUT2D eigenvalue weighted by Gasteiger charge is -2.10. The van der Waals surface area contributed by atoms with E-state index in [4.69, 9.17) is 0 Å². The SMILES string of the molecule is CC1(C)CC1c1cccc2c1NCC2. The van der Waals surface area contributed by atoms with Crippen LogP contribution in [0.15, 0.2) is 18.2 Å². The maximum atomic E-state index is 3.53. The standard InChI is InChI=1S/C13H17N/c1-13(2)8-11(13)10-5-3-4-9-6-7-14-12(9)10/h3-5,11,14H,6-8H2,1-2H3. The summed E-state index contributed by atoms with van der Waals surface area (Å²) in [4.78, 5) is 0. The molecule has 1 atom stereocenters. The molecule has 1 aliphatic heterocycles. The van der Waals surface area contributed by atoms with Gasteiger partial charge in [0.2, 0.25) is 0 Å². The van der Waals surface area contributed by atoms with Gasteiger partial charge in [-0.05, 0) is 35.3 Å². The average molecular weight is 187 g/mol. The Morgan fingerprint density at radius 1 is 1.36 bits per heavy atom. The molecule has 1 saturated carbocycles. The fraction of sp³-hybridized carbons (Fsp3) is 0.538. The number of rotatable bonds is 1. The van der Waals surface area contributed by atoms with Gasteiger partial charge in [0.05, 0.1) is 0 Å². The van der Waals surface area contributed by atoms with Gasteiger partial charge >= 0.3 is 0 Å². The normalized spacial score (nSPS) is 26.9. The highest BCUT2D eigenvalue weighted by molar-refractivity contribution is 5.63. The summed E-state index contributed by atoms with van der Waals surface area (Å²) in [5.74, 6) is 0.794. The predicted molar refractivity (Wildman–Crippen MR) is 59.8 cm³/mol. The Morgan fingerprint density at radius 2 is 2.14 bits per heavy atom. The zero-order valence-corrected chi connectivity index (χ0v) is 8.93. The molecule has 1 aliphatic carbocycles. The Bertz CT molecular complexity index is 379. The Hall–Kier alpha value is -0.980. The molecule has 0 bridgehead atoms. The zero-order chi connectivity index (χ0) is 9.76. The number of hydrogen-bond donors (Lipinski definition) is 1. The van der Waals surface area contributed by atoms with Crippen molar-refractivity contribution in [3.63, 3.8) is 0 Å². The zero-order valence-electron chi connectivity index (χ0n) is 8.93. The van der Waals surface area contributed by atoms with Gasteiger partial charge in [-0.2, -0.15) is 0 Å². The number of nitrogens with one attached hydrogen (secondary N) is 1. The molecule has 0 amide bonds. The lowest BCUT2D eigenvalue weighted by molar-refractivity contribution is 0.622. The van der Waals surface area contributed by atoms with E-state index in [1.807, 2.05) is 0 Å². The van der Waals surface area contributed by atoms with Gasteiger partial charge in [-0.3, -0.25) is 0 Å². The van der Waals surface area contributed by atoms with Crippen molar-refractivity contribution in [2.75, 3.05) is 11.9 Å². The highest BCUT2D eigenvalue weighted by Crippen LogP contribution is 2.60. The van der Waals surface area contributed by atoms with Gasteiger partial charge in [0.15, 0.2) is 0 Å². The third-order valence-corrected chi connectivity index (χ3v) is 3.77. The monoisotopic (exact) mass is 187 g/mol. The molecule has 1 nitrogen and oxygen atoms in total. The van der Waals surface area contributed by atoms with Crippen molar-refractivity contribution in [2.24, 2.45) is 5.41 Å². The van der Waals surface area contributed by atoms with E-state index in [2.05, 4.69) is 37.4 Å². The third-order valence-electron chi connectivity index (χ3n) is 3.77. The van der Waals surface area contributed by atoms with Crippen LogP contribution in [-0.2, 0) is 6.42 Å². The second kappa shape index (κ2) is 2.53. The van der Waals surface area contributed by atoms with Gasteiger partial charge in [0, 0.05) is 12.2 Å². The molecule has 74 valence electrons. The van der Waals surface area contributed by atoms with Crippen LogP contribution in [0.4, 0.5) is 5.69 Å². The predicted octanol–water partition coefficient (Wildman–Crippen LogP) is 3.17. The first-order valence-corrected chi connectivity index (χ1v) is 5.54. The highest BCUT2D eigenvalue weighted by atomic mass is 14.9. The minimum absolute atomic E-state index is 0.541. The molecule has 3 rings (SSSR count). The first-order chi connectivity index (χ1) is 6.68. The molecule has 1 N–H and O–H groups in total. The van der Waals surface area contributed by atoms with Crippen molar-refractivity contribution in [3.05, 3.63) is 29.3 Å². The number of hydrogen-bond acceptors (Lipinski definition) is 1. The van der Waals surface area contributed by atoms with Crippen LogP contribution in [-0.4, -0.2) is 6.54 Å². The smallest absolute Gasteiger partial charge is 0.0409 e. The van der Waals surface area contributed by atoms with Crippen LogP contribution in [0.5, 0.6) is 0 Å². The molecule has 0 aromatic heterocycles. The van der Waals surface area contributed by atoms with E-state index in [1.165, 1.54) is 24.1 Å². The molecule has 14 heavy (non-hydrogen) atoms. The van der Waals surface area contributed by atoms with Gasteiger partial charge in [-0.25, -0.2) is 0 Å². The molecule has 1 heterocycles. The molecule has 2 aliphatic rings. The van der Waals surface area contributed by atoms with Crippen molar-refractivity contribution in [3.8, 4) is 0 Å². The maximum Gasteiger partial charge on any atom is 0.0409 e. The van der Waals surface area contributed by atoms with Crippen molar-refractivity contribution in [1.82, 2.24) is 0 Å². The third kappa shape index (κ3) is 1.08. The lowest BCUT2D eigenvalue weighted by Crippen LogP contribution is -1.97. The molecule has 0 saturated heterocycles. The summed E-state index contributed by atoms with van der Waals surface area (Å²) < 4.78 is 0. The quantitative estimate of drug-likeness (QED) is 0.712. The van der Waals surface area contributed by atoms with Crippen molar-refractivity contribution < 1.29 is 0 Å². The summed E-state index contributed by atoms with van der Waals surface area (Å²) in [5.41, 5.74) is 5.07. The molecule has 1 fully saturated rings. The fourth-order valence-electron chi connectivity index (χ4n) is 2.65. The molecule has 1 aromatic rings. The Labute approximate surface area is 85.5 Å². The van der Waals surface area contributed by atoms with Crippen molar-refractivity contribution in [2.45, 2.75) is 32.6 Å². The summed E-state index contributed by atoms with van der Waals surface area (Å²) in [6.45, 7) is 5.86. The lowest BCUT2D eigenvalue weighted by atomic mass is 9.99. The molecule has 1 heteroatoms. The molecular formula is C13H17N. The number of anilines is 1. The summed E-state index contributed by atoms with van der Waals surface area (Å²) in [6, 6.07) is 6.78. The minimum atomic E-state index is 0.541. The van der Waals surface area contributed by atoms with E-state index < -0.39 is 0 Å². The van der Waals surface area contributed by atoms with E-state index in [0.29, 0.717) is 5.41 Å². The summed E-state index contributed by atoms with van der Waals surface area (Å²) >= 11 is 0. The maximum absolute atomic E-state index is 3.53. The van der Waals surface area contributed by atoms with E-state index in [0.717, 1.165) is 12.5 Å². The second-order valence-corrected chi connectivity index (χ2v) is 5.30. The number of fused-ring (bicyclic) bond motifs is 1. The largest absolute Gasteiger partial charge is 0.384 e. The van der Waals surface area contributed by atoms with E-state index in [-0.39, 0.29) is 0 Å². The van der Waals surface area contributed by atoms with Gasteiger partial charge in [0.1, 0.15) is 0 Å².